The second-order valence-corrected chi connectivity index (χ2v) is 7.37. The van der Waals surface area contributed by atoms with Crippen molar-refractivity contribution < 1.29 is 13.9 Å². The molecule has 1 aromatic heterocycles. The Morgan fingerprint density at radius 2 is 2.00 bits per heavy atom. The lowest BCUT2D eigenvalue weighted by Gasteiger charge is -2.28. The number of aryl methyl sites for hydroxylation is 1. The number of rotatable bonds is 4. The summed E-state index contributed by atoms with van der Waals surface area (Å²) in [6.45, 7) is 0.124. The average molecular weight is 366 g/mol. The van der Waals surface area contributed by atoms with Gasteiger partial charge < -0.3 is 14.6 Å². The van der Waals surface area contributed by atoms with Crippen molar-refractivity contribution in [3.8, 4) is 0 Å². The van der Waals surface area contributed by atoms with Crippen molar-refractivity contribution in [1.82, 2.24) is 9.88 Å². The third kappa shape index (κ3) is 3.47. The van der Waals surface area contributed by atoms with Gasteiger partial charge in [-0.15, -0.1) is 0 Å². The predicted octanol–water partition coefficient (Wildman–Crippen LogP) is 4.08. The maximum atomic E-state index is 13.0. The van der Waals surface area contributed by atoms with Crippen LogP contribution in [0.1, 0.15) is 33.6 Å². The largest absolute Gasteiger partial charge is 0.457 e. The zero-order chi connectivity index (χ0) is 19.0. The topological polar surface area (TPSA) is 45.3 Å². The minimum atomic E-state index is -0.368. The fourth-order valence-electron chi connectivity index (χ4n) is 3.84. The van der Waals surface area contributed by atoms with Gasteiger partial charge in [-0.2, -0.15) is 0 Å². The number of halogens is 1. The maximum absolute atomic E-state index is 13.0. The summed E-state index contributed by atoms with van der Waals surface area (Å²) in [6.07, 6.45) is 3.07. The number of ether oxygens (including phenoxy) is 1. The Bertz CT molecular complexity index is 976. The van der Waals surface area contributed by atoms with Crippen LogP contribution in [0.5, 0.6) is 0 Å². The number of benzene rings is 2. The van der Waals surface area contributed by atoms with Crippen molar-refractivity contribution in [1.29, 1.82) is 0 Å². The Kier molecular flexibility index (Phi) is 4.70. The molecule has 5 heteroatoms. The standard InChI is InChI=1S/C22H23FN2O2/c1-25(2)16-10-11-20-19(12-16)17-4-3-5-18(21(17)24-20)22(26)27-13-14-6-8-15(23)9-7-14/h3-9,16,24H,10-13H2,1-2H3. The van der Waals surface area contributed by atoms with Crippen molar-refractivity contribution in [3.05, 3.63) is 70.7 Å². The van der Waals surface area contributed by atoms with Crippen LogP contribution in [0, 0.1) is 5.82 Å². The SMILES string of the molecule is CN(C)C1CCc2[nH]c3c(C(=O)OCc4ccc(F)cc4)cccc3c2C1. The number of likely N-dealkylation sites (N-methyl/N-ethyl adjacent to an activating group) is 1. The summed E-state index contributed by atoms with van der Waals surface area (Å²) in [5.74, 6) is -0.671. The van der Waals surface area contributed by atoms with E-state index in [-0.39, 0.29) is 18.4 Å². The lowest BCUT2D eigenvalue weighted by molar-refractivity contribution is 0.0475. The van der Waals surface area contributed by atoms with Crippen molar-refractivity contribution >= 4 is 16.9 Å². The molecule has 2 aromatic carbocycles. The molecule has 1 aliphatic rings. The van der Waals surface area contributed by atoms with Crippen LogP contribution in [-0.2, 0) is 24.2 Å². The fraction of sp³-hybridized carbons (Fsp3) is 0.318. The number of esters is 1. The minimum Gasteiger partial charge on any atom is -0.457 e. The van der Waals surface area contributed by atoms with Crippen molar-refractivity contribution in [2.45, 2.75) is 31.9 Å². The van der Waals surface area contributed by atoms with Gasteiger partial charge in [0.1, 0.15) is 12.4 Å². The fourth-order valence-corrected chi connectivity index (χ4v) is 3.84. The van der Waals surface area contributed by atoms with Gasteiger partial charge in [0.25, 0.3) is 0 Å². The Balaban J connectivity index is 1.59. The zero-order valence-corrected chi connectivity index (χ0v) is 15.6. The molecule has 0 aliphatic heterocycles. The summed E-state index contributed by atoms with van der Waals surface area (Å²) >= 11 is 0. The predicted molar refractivity (Wildman–Crippen MR) is 103 cm³/mol. The van der Waals surface area contributed by atoms with Crippen LogP contribution in [0.2, 0.25) is 0 Å². The van der Waals surface area contributed by atoms with Crippen LogP contribution in [0.4, 0.5) is 4.39 Å². The van der Waals surface area contributed by atoms with Crippen molar-refractivity contribution in [2.75, 3.05) is 14.1 Å². The molecule has 0 amide bonds. The highest BCUT2D eigenvalue weighted by Gasteiger charge is 2.25. The van der Waals surface area contributed by atoms with Crippen LogP contribution in [-0.4, -0.2) is 36.0 Å². The first-order valence-corrected chi connectivity index (χ1v) is 9.23. The van der Waals surface area contributed by atoms with Gasteiger partial charge >= 0.3 is 5.97 Å². The number of carbonyl (C=O) groups is 1. The van der Waals surface area contributed by atoms with E-state index in [9.17, 15) is 9.18 Å². The van der Waals surface area contributed by atoms with Crippen LogP contribution < -0.4 is 0 Å². The van der Waals surface area contributed by atoms with Gasteiger partial charge in [-0.25, -0.2) is 9.18 Å². The van der Waals surface area contributed by atoms with Gasteiger partial charge in [0.2, 0.25) is 0 Å². The first-order valence-electron chi connectivity index (χ1n) is 9.23. The Labute approximate surface area is 157 Å². The molecular weight excluding hydrogens is 343 g/mol. The molecule has 1 atom stereocenters. The van der Waals surface area contributed by atoms with E-state index in [1.165, 1.54) is 23.4 Å². The van der Waals surface area contributed by atoms with Gasteiger partial charge in [-0.05, 0) is 62.7 Å². The molecule has 1 aliphatic carbocycles. The third-order valence-corrected chi connectivity index (χ3v) is 5.43. The molecule has 0 saturated heterocycles. The molecule has 1 heterocycles. The molecule has 0 radical (unpaired) electrons. The van der Waals surface area contributed by atoms with E-state index in [0.29, 0.717) is 11.6 Å². The number of hydrogen-bond acceptors (Lipinski definition) is 3. The Morgan fingerprint density at radius 1 is 1.22 bits per heavy atom. The van der Waals surface area contributed by atoms with E-state index in [4.69, 9.17) is 4.74 Å². The van der Waals surface area contributed by atoms with Crippen LogP contribution in [0.3, 0.4) is 0 Å². The smallest absolute Gasteiger partial charge is 0.340 e. The normalized spacial score (nSPS) is 16.5. The van der Waals surface area contributed by atoms with E-state index in [0.717, 1.165) is 35.7 Å². The number of aromatic amines is 1. The highest BCUT2D eigenvalue weighted by molar-refractivity contribution is 6.04. The summed E-state index contributed by atoms with van der Waals surface area (Å²) in [7, 11) is 4.23. The molecule has 1 N–H and O–H groups in total. The van der Waals surface area contributed by atoms with Crippen LogP contribution >= 0.6 is 0 Å². The number of fused-ring (bicyclic) bond motifs is 3. The van der Waals surface area contributed by atoms with Crippen molar-refractivity contribution in [2.24, 2.45) is 0 Å². The summed E-state index contributed by atoms with van der Waals surface area (Å²) in [6, 6.07) is 12.3. The van der Waals surface area contributed by atoms with Gasteiger partial charge in [0, 0.05) is 17.1 Å². The average Bonchev–Trinajstić information content (AvgIpc) is 3.05. The summed E-state index contributed by atoms with van der Waals surface area (Å²) < 4.78 is 18.5. The van der Waals surface area contributed by atoms with E-state index >= 15 is 0 Å². The monoisotopic (exact) mass is 366 g/mol. The quantitative estimate of drug-likeness (QED) is 0.708. The number of nitrogens with one attached hydrogen (secondary N) is 1. The molecule has 0 bridgehead atoms. The minimum absolute atomic E-state index is 0.124. The van der Waals surface area contributed by atoms with Gasteiger partial charge in [0.05, 0.1) is 11.1 Å². The van der Waals surface area contributed by atoms with Gasteiger partial charge in [0.15, 0.2) is 0 Å². The number of para-hydroxylation sites is 1. The molecule has 0 spiro atoms. The number of hydrogen-bond donors (Lipinski definition) is 1. The first-order chi connectivity index (χ1) is 13.0. The second kappa shape index (κ2) is 7.16. The number of aromatic nitrogens is 1. The molecule has 27 heavy (non-hydrogen) atoms. The second-order valence-electron chi connectivity index (χ2n) is 7.37. The molecule has 3 aromatic rings. The molecule has 4 nitrogen and oxygen atoms in total. The summed E-state index contributed by atoms with van der Waals surface area (Å²) in [5, 5.41) is 1.10. The third-order valence-electron chi connectivity index (χ3n) is 5.43. The Hall–Kier alpha value is -2.66. The number of nitrogens with zero attached hydrogens (tertiary/aromatic N) is 1. The molecule has 1 unspecified atom stereocenters. The highest BCUT2D eigenvalue weighted by Crippen LogP contribution is 2.32. The number of carbonyl (C=O) groups excluding carboxylic acids is 1. The van der Waals surface area contributed by atoms with Crippen LogP contribution in [0.15, 0.2) is 42.5 Å². The van der Waals surface area contributed by atoms with E-state index in [1.54, 1.807) is 18.2 Å². The summed E-state index contributed by atoms with van der Waals surface area (Å²) in [4.78, 5) is 18.4. The van der Waals surface area contributed by atoms with E-state index < -0.39 is 0 Å². The zero-order valence-electron chi connectivity index (χ0n) is 15.6. The lowest BCUT2D eigenvalue weighted by atomic mass is 9.90. The molecule has 140 valence electrons. The Morgan fingerprint density at radius 3 is 2.74 bits per heavy atom. The van der Waals surface area contributed by atoms with E-state index in [2.05, 4.69) is 30.0 Å². The van der Waals surface area contributed by atoms with Crippen molar-refractivity contribution in [3.63, 3.8) is 0 Å². The maximum Gasteiger partial charge on any atom is 0.340 e. The van der Waals surface area contributed by atoms with E-state index in [1.807, 2.05) is 6.07 Å². The van der Waals surface area contributed by atoms with Crippen LogP contribution in [0.25, 0.3) is 10.9 Å². The number of H-pyrrole nitrogens is 1. The lowest BCUT2D eigenvalue weighted by Crippen LogP contribution is -2.33. The van der Waals surface area contributed by atoms with Gasteiger partial charge in [-0.1, -0.05) is 24.3 Å². The molecular formula is C22H23FN2O2. The molecule has 4 rings (SSSR count). The van der Waals surface area contributed by atoms with Gasteiger partial charge in [-0.3, -0.25) is 0 Å². The molecule has 0 saturated carbocycles. The highest BCUT2D eigenvalue weighted by atomic mass is 19.1. The summed E-state index contributed by atoms with van der Waals surface area (Å²) in [5.41, 5.74) is 4.69. The molecule has 0 fully saturated rings. The first kappa shape index (κ1) is 17.7.